The number of carbonyl (C=O) groups is 1. The highest BCUT2D eigenvalue weighted by Gasteiger charge is 2.15. The van der Waals surface area contributed by atoms with Gasteiger partial charge >= 0.3 is 6.09 Å². The van der Waals surface area contributed by atoms with Crippen molar-refractivity contribution in [1.82, 2.24) is 10.3 Å². The van der Waals surface area contributed by atoms with Gasteiger partial charge in [-0.05, 0) is 46.8 Å². The van der Waals surface area contributed by atoms with Crippen molar-refractivity contribution in [2.45, 2.75) is 46.3 Å². The fraction of sp³-hybridized carbons (Fsp3) is 0.600. The number of nitrogens with one attached hydrogen (secondary N) is 2. The predicted molar refractivity (Wildman–Crippen MR) is 82.7 cm³/mol. The van der Waals surface area contributed by atoms with E-state index >= 15 is 0 Å². The summed E-state index contributed by atoms with van der Waals surface area (Å²) in [6, 6.07) is 3.72. The maximum Gasteiger partial charge on any atom is 0.407 e. The summed E-state index contributed by atoms with van der Waals surface area (Å²) in [5, 5.41) is 5.86. The highest BCUT2D eigenvalue weighted by atomic mass is 16.6. The van der Waals surface area contributed by atoms with Gasteiger partial charge in [0.15, 0.2) is 0 Å². The topological polar surface area (TPSA) is 72.5 Å². The zero-order chi connectivity index (χ0) is 15.9. The number of alkyl carbamates (subject to hydrolysis) is 1. The van der Waals surface area contributed by atoms with E-state index in [-0.39, 0.29) is 6.10 Å². The van der Waals surface area contributed by atoms with Crippen molar-refractivity contribution in [3.63, 3.8) is 0 Å². The van der Waals surface area contributed by atoms with Crippen molar-refractivity contribution in [2.75, 3.05) is 18.4 Å². The Hall–Kier alpha value is -1.98. The molecule has 21 heavy (non-hydrogen) atoms. The van der Waals surface area contributed by atoms with E-state index in [0.717, 1.165) is 5.69 Å². The molecular formula is C15H25N3O3. The molecule has 2 N–H and O–H groups in total. The number of ether oxygens (including phenoxy) is 2. The number of hydrogen-bond acceptors (Lipinski definition) is 5. The summed E-state index contributed by atoms with van der Waals surface area (Å²) in [6.45, 7) is 10.4. The molecule has 0 spiro atoms. The van der Waals surface area contributed by atoms with Crippen LogP contribution in [0.25, 0.3) is 0 Å². The molecular weight excluding hydrogens is 270 g/mol. The molecule has 1 amide bonds. The number of pyridine rings is 1. The van der Waals surface area contributed by atoms with Crippen molar-refractivity contribution in [3.05, 3.63) is 18.3 Å². The standard InChI is InChI=1S/C15H25N3O3/c1-11(2)20-13-12(7-6-8-17-13)16-9-10-18-14(19)21-15(3,4)5/h6-8,11,16H,9-10H2,1-5H3,(H,18,19). The Bertz CT molecular complexity index is 456. The number of aromatic nitrogens is 1. The number of amides is 1. The summed E-state index contributed by atoms with van der Waals surface area (Å²) in [4.78, 5) is 15.7. The first-order valence-corrected chi connectivity index (χ1v) is 7.10. The van der Waals surface area contributed by atoms with Crippen LogP contribution in [-0.4, -0.2) is 35.9 Å². The van der Waals surface area contributed by atoms with Crippen molar-refractivity contribution < 1.29 is 14.3 Å². The van der Waals surface area contributed by atoms with Crippen LogP contribution in [0.15, 0.2) is 18.3 Å². The Morgan fingerprint density at radius 1 is 1.33 bits per heavy atom. The van der Waals surface area contributed by atoms with Crippen LogP contribution < -0.4 is 15.4 Å². The second-order valence-electron chi connectivity index (χ2n) is 5.88. The van der Waals surface area contributed by atoms with Gasteiger partial charge in [0, 0.05) is 19.3 Å². The fourth-order valence-electron chi connectivity index (χ4n) is 1.52. The molecule has 6 heteroatoms. The molecule has 0 radical (unpaired) electrons. The summed E-state index contributed by atoms with van der Waals surface area (Å²) < 4.78 is 10.8. The van der Waals surface area contributed by atoms with Gasteiger partial charge in [0.25, 0.3) is 0 Å². The van der Waals surface area contributed by atoms with Crippen molar-refractivity contribution in [3.8, 4) is 5.88 Å². The minimum Gasteiger partial charge on any atom is -0.473 e. The second kappa shape index (κ2) is 7.71. The lowest BCUT2D eigenvalue weighted by molar-refractivity contribution is 0.0530. The van der Waals surface area contributed by atoms with Crippen molar-refractivity contribution in [1.29, 1.82) is 0 Å². The van der Waals surface area contributed by atoms with Crippen LogP contribution >= 0.6 is 0 Å². The van der Waals surface area contributed by atoms with E-state index in [1.807, 2.05) is 46.8 Å². The highest BCUT2D eigenvalue weighted by Crippen LogP contribution is 2.21. The molecule has 0 aromatic carbocycles. The number of rotatable bonds is 6. The smallest absolute Gasteiger partial charge is 0.407 e. The number of nitrogens with zero attached hydrogens (tertiary/aromatic N) is 1. The van der Waals surface area contributed by atoms with E-state index < -0.39 is 11.7 Å². The molecule has 0 atom stereocenters. The number of carbonyl (C=O) groups excluding carboxylic acids is 1. The monoisotopic (exact) mass is 295 g/mol. The Morgan fingerprint density at radius 3 is 2.67 bits per heavy atom. The van der Waals surface area contributed by atoms with Crippen LogP contribution in [0, 0.1) is 0 Å². The van der Waals surface area contributed by atoms with E-state index in [4.69, 9.17) is 9.47 Å². The number of anilines is 1. The van der Waals surface area contributed by atoms with Crippen LogP contribution in [0.3, 0.4) is 0 Å². The molecule has 0 aliphatic carbocycles. The largest absolute Gasteiger partial charge is 0.473 e. The lowest BCUT2D eigenvalue weighted by atomic mass is 10.2. The third-order valence-corrected chi connectivity index (χ3v) is 2.23. The van der Waals surface area contributed by atoms with Crippen LogP contribution in [0.1, 0.15) is 34.6 Å². The van der Waals surface area contributed by atoms with Gasteiger partial charge in [-0.25, -0.2) is 9.78 Å². The molecule has 118 valence electrons. The Morgan fingerprint density at radius 2 is 2.05 bits per heavy atom. The van der Waals surface area contributed by atoms with Crippen molar-refractivity contribution >= 4 is 11.8 Å². The lowest BCUT2D eigenvalue weighted by Gasteiger charge is -2.20. The maximum atomic E-state index is 11.5. The summed E-state index contributed by atoms with van der Waals surface area (Å²) >= 11 is 0. The summed E-state index contributed by atoms with van der Waals surface area (Å²) in [6.07, 6.45) is 1.32. The Balaban J connectivity index is 2.38. The third kappa shape index (κ3) is 7.39. The number of hydrogen-bond donors (Lipinski definition) is 2. The van der Waals surface area contributed by atoms with E-state index in [2.05, 4.69) is 15.6 Å². The average Bonchev–Trinajstić information content (AvgIpc) is 2.33. The lowest BCUT2D eigenvalue weighted by Crippen LogP contribution is -2.35. The van der Waals surface area contributed by atoms with Gasteiger partial charge in [-0.2, -0.15) is 0 Å². The highest BCUT2D eigenvalue weighted by molar-refractivity contribution is 5.67. The zero-order valence-electron chi connectivity index (χ0n) is 13.4. The zero-order valence-corrected chi connectivity index (χ0v) is 13.4. The van der Waals surface area contributed by atoms with Crippen LogP contribution in [0.2, 0.25) is 0 Å². The second-order valence-corrected chi connectivity index (χ2v) is 5.88. The van der Waals surface area contributed by atoms with Crippen LogP contribution in [0.4, 0.5) is 10.5 Å². The molecule has 0 fully saturated rings. The fourth-order valence-corrected chi connectivity index (χ4v) is 1.52. The molecule has 0 saturated heterocycles. The Kier molecular flexibility index (Phi) is 6.27. The summed E-state index contributed by atoms with van der Waals surface area (Å²) in [5.74, 6) is 0.560. The van der Waals surface area contributed by atoms with Gasteiger partial charge in [-0.15, -0.1) is 0 Å². The summed E-state index contributed by atoms with van der Waals surface area (Å²) in [5.41, 5.74) is 0.316. The molecule has 1 aromatic heterocycles. The van der Waals surface area contributed by atoms with E-state index in [0.29, 0.717) is 19.0 Å². The minimum atomic E-state index is -0.487. The summed E-state index contributed by atoms with van der Waals surface area (Å²) in [7, 11) is 0. The molecule has 0 aliphatic heterocycles. The van der Waals surface area contributed by atoms with Gasteiger partial charge in [-0.3, -0.25) is 0 Å². The average molecular weight is 295 g/mol. The predicted octanol–water partition coefficient (Wildman–Crippen LogP) is 2.81. The SMILES string of the molecule is CC(C)Oc1ncccc1NCCNC(=O)OC(C)(C)C. The normalized spacial score (nSPS) is 11.1. The van der Waals surface area contributed by atoms with Gasteiger partial charge in [-0.1, -0.05) is 0 Å². The quantitative estimate of drug-likeness (QED) is 0.790. The first-order chi connectivity index (χ1) is 9.78. The van der Waals surface area contributed by atoms with E-state index in [1.54, 1.807) is 6.20 Å². The molecule has 0 bridgehead atoms. The third-order valence-electron chi connectivity index (χ3n) is 2.23. The minimum absolute atomic E-state index is 0.0559. The van der Waals surface area contributed by atoms with Gasteiger partial charge in [0.1, 0.15) is 5.60 Å². The molecule has 1 rings (SSSR count). The van der Waals surface area contributed by atoms with E-state index in [9.17, 15) is 4.79 Å². The maximum absolute atomic E-state index is 11.5. The molecule has 1 aromatic rings. The van der Waals surface area contributed by atoms with Crippen molar-refractivity contribution in [2.24, 2.45) is 0 Å². The van der Waals surface area contributed by atoms with Gasteiger partial charge < -0.3 is 20.1 Å². The molecule has 6 nitrogen and oxygen atoms in total. The first kappa shape index (κ1) is 17.1. The first-order valence-electron chi connectivity index (χ1n) is 7.10. The molecule has 0 saturated carbocycles. The molecule has 0 unspecified atom stereocenters. The Labute approximate surface area is 126 Å². The molecule has 0 aliphatic rings. The van der Waals surface area contributed by atoms with Crippen LogP contribution in [0.5, 0.6) is 5.88 Å². The van der Waals surface area contributed by atoms with Crippen LogP contribution in [-0.2, 0) is 4.74 Å². The molecule has 1 heterocycles. The van der Waals surface area contributed by atoms with Gasteiger partial charge in [0.2, 0.25) is 5.88 Å². The van der Waals surface area contributed by atoms with Gasteiger partial charge in [0.05, 0.1) is 11.8 Å². The van der Waals surface area contributed by atoms with E-state index in [1.165, 1.54) is 0 Å².